The Morgan fingerprint density at radius 1 is 1.40 bits per heavy atom. The van der Waals surface area contributed by atoms with E-state index in [1.807, 2.05) is 0 Å². The molecule has 1 aliphatic rings. The summed E-state index contributed by atoms with van der Waals surface area (Å²) in [4.78, 5) is 4.05. The first-order valence-electron chi connectivity index (χ1n) is 6.20. The van der Waals surface area contributed by atoms with E-state index in [0.717, 1.165) is 23.4 Å². The van der Waals surface area contributed by atoms with Gasteiger partial charge in [-0.1, -0.05) is 0 Å². The lowest BCUT2D eigenvalue weighted by Crippen LogP contribution is -2.19. The van der Waals surface area contributed by atoms with Gasteiger partial charge in [0.15, 0.2) is 11.5 Å². The van der Waals surface area contributed by atoms with Crippen molar-refractivity contribution >= 4 is 11.3 Å². The first-order chi connectivity index (χ1) is 9.43. The summed E-state index contributed by atoms with van der Waals surface area (Å²) in [6.45, 7) is 0.554. The van der Waals surface area contributed by atoms with Crippen LogP contribution in [0.4, 0.5) is 19.0 Å². The zero-order valence-corrected chi connectivity index (χ0v) is 10.5. The number of hydrogen-bond acceptors (Lipinski definition) is 4. The Bertz CT molecular complexity index is 633. The van der Waals surface area contributed by atoms with Crippen LogP contribution in [-0.2, 0) is 6.18 Å². The van der Waals surface area contributed by atoms with Crippen LogP contribution >= 0.6 is 0 Å². The van der Waals surface area contributed by atoms with Crippen LogP contribution in [0.3, 0.4) is 0 Å². The molecule has 0 radical (unpaired) electrons. The van der Waals surface area contributed by atoms with Crippen LogP contribution in [0.5, 0.6) is 0 Å². The number of nitrogens with zero attached hydrogens (tertiary/aromatic N) is 3. The van der Waals surface area contributed by atoms with Crippen LogP contribution in [0.1, 0.15) is 18.5 Å². The van der Waals surface area contributed by atoms with Crippen LogP contribution in [0.2, 0.25) is 0 Å². The maximum absolute atomic E-state index is 12.6. The maximum Gasteiger partial charge on any atom is 0.435 e. The molecule has 0 atom stereocenters. The molecular formula is C12H13F3N4O. The second-order valence-electron chi connectivity index (χ2n) is 5.14. The topological polar surface area (TPSA) is 62.5 Å². The van der Waals surface area contributed by atoms with Crippen molar-refractivity contribution in [1.82, 2.24) is 14.6 Å². The Labute approximate surface area is 112 Å². The van der Waals surface area contributed by atoms with Gasteiger partial charge in [0, 0.05) is 30.4 Å². The van der Waals surface area contributed by atoms with Crippen LogP contribution in [0.15, 0.2) is 18.5 Å². The molecular weight excluding hydrogens is 273 g/mol. The van der Waals surface area contributed by atoms with Gasteiger partial charge in [0.1, 0.15) is 5.52 Å². The van der Waals surface area contributed by atoms with Crippen molar-refractivity contribution in [3.63, 3.8) is 0 Å². The number of aliphatic hydroxyl groups is 1. The maximum atomic E-state index is 12.6. The van der Waals surface area contributed by atoms with Crippen LogP contribution < -0.4 is 5.32 Å². The summed E-state index contributed by atoms with van der Waals surface area (Å²) in [5.41, 5.74) is -0.827. The molecule has 0 amide bonds. The van der Waals surface area contributed by atoms with Crippen molar-refractivity contribution in [1.29, 1.82) is 0 Å². The molecule has 8 heteroatoms. The van der Waals surface area contributed by atoms with Gasteiger partial charge < -0.3 is 10.4 Å². The molecule has 5 nitrogen and oxygen atoms in total. The van der Waals surface area contributed by atoms with Gasteiger partial charge in [-0.05, 0) is 12.8 Å². The Morgan fingerprint density at radius 3 is 2.75 bits per heavy atom. The quantitative estimate of drug-likeness (QED) is 0.901. The molecule has 1 fully saturated rings. The van der Waals surface area contributed by atoms with Gasteiger partial charge in [-0.3, -0.25) is 0 Å². The van der Waals surface area contributed by atoms with Gasteiger partial charge in [0.25, 0.3) is 0 Å². The molecule has 0 saturated heterocycles. The van der Waals surface area contributed by atoms with E-state index in [0.29, 0.717) is 12.4 Å². The molecule has 108 valence electrons. The summed E-state index contributed by atoms with van der Waals surface area (Å²) in [5.74, 6) is 0.343. The van der Waals surface area contributed by atoms with E-state index in [2.05, 4.69) is 15.4 Å². The summed E-state index contributed by atoms with van der Waals surface area (Å²) in [6.07, 6.45) is 0.0984. The number of aliphatic hydroxyl groups excluding tert-OH is 1. The van der Waals surface area contributed by atoms with Crippen LogP contribution in [0, 0.1) is 5.41 Å². The van der Waals surface area contributed by atoms with Crippen LogP contribution in [-0.4, -0.2) is 32.9 Å². The van der Waals surface area contributed by atoms with Crippen molar-refractivity contribution in [2.45, 2.75) is 19.0 Å². The molecule has 0 aromatic carbocycles. The minimum atomic E-state index is -4.48. The number of anilines is 1. The number of alkyl halides is 3. The van der Waals surface area contributed by atoms with E-state index < -0.39 is 11.9 Å². The predicted molar refractivity (Wildman–Crippen MR) is 65.2 cm³/mol. The van der Waals surface area contributed by atoms with E-state index >= 15 is 0 Å². The average molecular weight is 286 g/mol. The second kappa shape index (κ2) is 4.34. The number of aromatic nitrogens is 3. The minimum absolute atomic E-state index is 0.0657. The first-order valence-corrected chi connectivity index (χ1v) is 6.20. The summed E-state index contributed by atoms with van der Waals surface area (Å²) in [7, 11) is 0. The molecule has 2 heterocycles. The third-order valence-electron chi connectivity index (χ3n) is 3.60. The first kappa shape index (κ1) is 13.2. The fourth-order valence-electron chi connectivity index (χ4n) is 2.04. The Morgan fingerprint density at radius 2 is 2.15 bits per heavy atom. The Kier molecular flexibility index (Phi) is 2.86. The summed E-state index contributed by atoms with van der Waals surface area (Å²) in [5, 5.41) is 15.7. The fraction of sp³-hybridized carbons (Fsp3) is 0.500. The molecule has 0 bridgehead atoms. The second-order valence-corrected chi connectivity index (χ2v) is 5.14. The highest BCUT2D eigenvalue weighted by Gasteiger charge is 2.42. The van der Waals surface area contributed by atoms with E-state index in [-0.39, 0.29) is 17.5 Å². The highest BCUT2D eigenvalue weighted by atomic mass is 19.4. The smallest absolute Gasteiger partial charge is 0.396 e. The molecule has 0 spiro atoms. The van der Waals surface area contributed by atoms with E-state index in [9.17, 15) is 18.3 Å². The van der Waals surface area contributed by atoms with Gasteiger partial charge in [-0.15, -0.1) is 0 Å². The standard InChI is InChI=1S/C12H13F3N4O/c13-12(14,15)9-5-8-10(16-3-4-19(8)18-9)17-6-11(7-20)1-2-11/h3-5,20H,1-2,6-7H2,(H,16,17). The highest BCUT2D eigenvalue weighted by Crippen LogP contribution is 2.45. The largest absolute Gasteiger partial charge is 0.435 e. The number of nitrogens with one attached hydrogen (secondary N) is 1. The number of halogens is 3. The molecule has 2 aromatic heterocycles. The van der Waals surface area contributed by atoms with Gasteiger partial charge in [0.05, 0.1) is 6.61 Å². The Hall–Kier alpha value is -1.83. The normalized spacial score (nSPS) is 17.4. The van der Waals surface area contributed by atoms with Crippen molar-refractivity contribution in [3.8, 4) is 0 Å². The lowest BCUT2D eigenvalue weighted by Gasteiger charge is -2.13. The average Bonchev–Trinajstić information content (AvgIpc) is 3.04. The zero-order chi connectivity index (χ0) is 14.4. The van der Waals surface area contributed by atoms with Gasteiger partial charge in [-0.2, -0.15) is 18.3 Å². The molecule has 0 aliphatic heterocycles. The number of hydrogen-bond donors (Lipinski definition) is 2. The lowest BCUT2D eigenvalue weighted by atomic mass is 10.1. The van der Waals surface area contributed by atoms with Crippen molar-refractivity contribution in [2.75, 3.05) is 18.5 Å². The van der Waals surface area contributed by atoms with Crippen LogP contribution in [0.25, 0.3) is 5.52 Å². The van der Waals surface area contributed by atoms with Crippen molar-refractivity contribution < 1.29 is 18.3 Å². The predicted octanol–water partition coefficient (Wildman–Crippen LogP) is 1.93. The minimum Gasteiger partial charge on any atom is -0.396 e. The fourth-order valence-corrected chi connectivity index (χ4v) is 2.04. The molecule has 3 rings (SSSR count). The summed E-state index contributed by atoms with van der Waals surface area (Å²) in [6, 6.07) is 0.966. The Balaban J connectivity index is 1.89. The SMILES string of the molecule is OCC1(CNc2nccn3nc(C(F)(F)F)cc23)CC1. The number of fused-ring (bicyclic) bond motifs is 1. The lowest BCUT2D eigenvalue weighted by molar-refractivity contribution is -0.141. The van der Waals surface area contributed by atoms with E-state index in [1.54, 1.807) is 0 Å². The van der Waals surface area contributed by atoms with Gasteiger partial charge in [0.2, 0.25) is 0 Å². The van der Waals surface area contributed by atoms with Crippen molar-refractivity contribution in [2.24, 2.45) is 5.41 Å². The molecule has 0 unspecified atom stereocenters. The zero-order valence-electron chi connectivity index (χ0n) is 10.5. The third-order valence-corrected chi connectivity index (χ3v) is 3.60. The van der Waals surface area contributed by atoms with E-state index in [1.165, 1.54) is 12.4 Å². The number of rotatable bonds is 4. The molecule has 1 saturated carbocycles. The molecule has 1 aliphatic carbocycles. The molecule has 2 N–H and O–H groups in total. The van der Waals surface area contributed by atoms with Crippen molar-refractivity contribution in [3.05, 3.63) is 24.2 Å². The van der Waals surface area contributed by atoms with E-state index in [4.69, 9.17) is 0 Å². The monoisotopic (exact) mass is 286 g/mol. The summed E-state index contributed by atoms with van der Waals surface area (Å²) < 4.78 is 39.1. The van der Waals surface area contributed by atoms with Gasteiger partial charge >= 0.3 is 6.18 Å². The third kappa shape index (κ3) is 2.31. The molecule has 2 aromatic rings. The summed E-state index contributed by atoms with van der Waals surface area (Å²) >= 11 is 0. The highest BCUT2D eigenvalue weighted by molar-refractivity contribution is 5.68. The van der Waals surface area contributed by atoms with Gasteiger partial charge in [-0.25, -0.2) is 9.50 Å². The molecule has 20 heavy (non-hydrogen) atoms.